The predicted molar refractivity (Wildman–Crippen MR) is 87.4 cm³/mol. The summed E-state index contributed by atoms with van der Waals surface area (Å²) in [6.07, 6.45) is 4.34. The van der Waals surface area contributed by atoms with Crippen molar-refractivity contribution in [3.05, 3.63) is 25.6 Å². The summed E-state index contributed by atoms with van der Waals surface area (Å²) >= 11 is 7.12. The van der Waals surface area contributed by atoms with Crippen LogP contribution in [0.4, 0.5) is 0 Å². The van der Waals surface area contributed by atoms with Gasteiger partial charge in [-0.25, -0.2) is 0 Å². The molecule has 0 radical (unpaired) electrons. The van der Waals surface area contributed by atoms with Gasteiger partial charge in [-0.15, -0.1) is 11.3 Å². The molecule has 0 aromatic carbocycles. The summed E-state index contributed by atoms with van der Waals surface area (Å²) in [5, 5.41) is 0.892. The molecule has 0 saturated carbocycles. The molecule has 0 fully saturated rings. The van der Waals surface area contributed by atoms with E-state index in [-0.39, 0.29) is 11.0 Å². The first-order valence-corrected chi connectivity index (χ1v) is 8.43. The van der Waals surface area contributed by atoms with Gasteiger partial charge in [-0.05, 0) is 48.9 Å². The molecule has 0 amide bonds. The maximum atomic E-state index is 12.8. The zero-order valence-electron chi connectivity index (χ0n) is 12.2. The van der Waals surface area contributed by atoms with Crippen molar-refractivity contribution in [2.24, 2.45) is 5.41 Å². The maximum absolute atomic E-state index is 12.8. The third-order valence-electron chi connectivity index (χ3n) is 4.39. The van der Waals surface area contributed by atoms with Crippen LogP contribution in [0, 0.1) is 10.2 Å². The number of aryl methyl sites for hydroxylation is 2. The van der Waals surface area contributed by atoms with Crippen molar-refractivity contribution < 1.29 is 0 Å². The molecule has 0 aliphatic heterocycles. The maximum Gasteiger partial charge on any atom is 0.263 e. The van der Waals surface area contributed by atoms with E-state index in [9.17, 15) is 4.79 Å². The van der Waals surface area contributed by atoms with Crippen molar-refractivity contribution >= 4 is 33.8 Å². The number of nitrogens with zero attached hydrogens (tertiary/aromatic N) is 1. The van der Waals surface area contributed by atoms with Crippen molar-refractivity contribution in [3.8, 4) is 0 Å². The Labute approximate surface area is 127 Å². The van der Waals surface area contributed by atoms with E-state index in [0.29, 0.717) is 11.3 Å². The summed E-state index contributed by atoms with van der Waals surface area (Å²) < 4.78 is 2.32. The highest BCUT2D eigenvalue weighted by Crippen LogP contribution is 2.34. The van der Waals surface area contributed by atoms with Crippen LogP contribution in [0.25, 0.3) is 10.2 Å². The predicted octanol–water partition coefficient (Wildman–Crippen LogP) is 4.05. The van der Waals surface area contributed by atoms with Gasteiger partial charge in [0.1, 0.15) is 4.83 Å². The van der Waals surface area contributed by atoms with E-state index in [0.717, 1.165) is 29.5 Å². The van der Waals surface area contributed by atoms with Crippen LogP contribution in [-0.2, 0) is 19.4 Å². The van der Waals surface area contributed by atoms with Gasteiger partial charge in [-0.1, -0.05) is 20.8 Å². The molecule has 1 N–H and O–H groups in total. The molecule has 3 nitrogen and oxygen atoms in total. The number of nitrogens with one attached hydrogen (secondary N) is 1. The normalized spacial score (nSPS) is 14.9. The average molecular weight is 308 g/mol. The lowest BCUT2D eigenvalue weighted by Crippen LogP contribution is -2.29. The van der Waals surface area contributed by atoms with Gasteiger partial charge in [0.15, 0.2) is 4.77 Å². The first-order chi connectivity index (χ1) is 9.43. The summed E-state index contributed by atoms with van der Waals surface area (Å²) in [7, 11) is 0. The topological polar surface area (TPSA) is 37.8 Å². The summed E-state index contributed by atoms with van der Waals surface area (Å²) in [6, 6.07) is 0. The van der Waals surface area contributed by atoms with Gasteiger partial charge in [0.25, 0.3) is 5.56 Å². The van der Waals surface area contributed by atoms with Crippen molar-refractivity contribution in [3.63, 3.8) is 0 Å². The van der Waals surface area contributed by atoms with Gasteiger partial charge in [0, 0.05) is 11.4 Å². The Morgan fingerprint density at radius 1 is 1.40 bits per heavy atom. The van der Waals surface area contributed by atoms with Crippen LogP contribution in [-0.4, -0.2) is 9.55 Å². The van der Waals surface area contributed by atoms with E-state index in [1.54, 1.807) is 15.9 Å². The zero-order chi connectivity index (χ0) is 14.5. The highest BCUT2D eigenvalue weighted by molar-refractivity contribution is 7.71. The second-order valence-corrected chi connectivity index (χ2v) is 7.89. The van der Waals surface area contributed by atoms with Crippen LogP contribution in [0.1, 0.15) is 44.1 Å². The Bertz CT molecular complexity index is 779. The van der Waals surface area contributed by atoms with Gasteiger partial charge in [-0.2, -0.15) is 0 Å². The van der Waals surface area contributed by atoms with E-state index in [4.69, 9.17) is 12.2 Å². The molecule has 0 bridgehead atoms. The Morgan fingerprint density at radius 3 is 2.85 bits per heavy atom. The smallest absolute Gasteiger partial charge is 0.263 e. The van der Waals surface area contributed by atoms with Crippen molar-refractivity contribution in [2.75, 3.05) is 0 Å². The molecule has 3 rings (SSSR count). The van der Waals surface area contributed by atoms with E-state index < -0.39 is 0 Å². The SMILES string of the molecule is CCC(C)(C)Cn1c(=S)[nH]c2sc3c(c2c1=O)CCC3. The van der Waals surface area contributed by atoms with E-state index in [1.165, 1.54) is 16.9 Å². The number of rotatable bonds is 3. The molecule has 1 aliphatic rings. The molecule has 1 aliphatic carbocycles. The van der Waals surface area contributed by atoms with Gasteiger partial charge in [0.05, 0.1) is 5.39 Å². The second-order valence-electron chi connectivity index (χ2n) is 6.40. The molecule has 108 valence electrons. The Kier molecular flexibility index (Phi) is 3.37. The summed E-state index contributed by atoms with van der Waals surface area (Å²) in [5.41, 5.74) is 1.45. The first-order valence-electron chi connectivity index (χ1n) is 7.20. The van der Waals surface area contributed by atoms with Crippen LogP contribution >= 0.6 is 23.6 Å². The fourth-order valence-corrected chi connectivity index (χ4v) is 4.39. The molecule has 0 saturated heterocycles. The van der Waals surface area contributed by atoms with Crippen LogP contribution < -0.4 is 5.56 Å². The van der Waals surface area contributed by atoms with Crippen LogP contribution in [0.5, 0.6) is 0 Å². The molecule has 2 aromatic rings. The number of H-pyrrole nitrogens is 1. The standard InChI is InChI=1S/C15H20N2OS2/c1-4-15(2,3)8-17-13(18)11-9-6-5-7-10(9)20-12(11)16-14(17)19/h4-8H2,1-3H3,(H,16,19). The quantitative estimate of drug-likeness (QED) is 0.869. The molecule has 0 unspecified atom stereocenters. The summed E-state index contributed by atoms with van der Waals surface area (Å²) in [4.78, 5) is 18.5. The Hall–Kier alpha value is -0.940. The minimum atomic E-state index is 0.0814. The Morgan fingerprint density at radius 2 is 2.15 bits per heavy atom. The van der Waals surface area contributed by atoms with Crippen molar-refractivity contribution in [2.45, 2.75) is 53.0 Å². The van der Waals surface area contributed by atoms with Gasteiger partial charge < -0.3 is 4.98 Å². The largest absolute Gasteiger partial charge is 0.323 e. The number of hydrogen-bond donors (Lipinski definition) is 1. The molecular weight excluding hydrogens is 288 g/mol. The Balaban J connectivity index is 2.23. The molecule has 2 aromatic heterocycles. The van der Waals surface area contributed by atoms with Gasteiger partial charge >= 0.3 is 0 Å². The van der Waals surface area contributed by atoms with Crippen molar-refractivity contribution in [1.29, 1.82) is 0 Å². The minimum Gasteiger partial charge on any atom is -0.323 e. The molecule has 0 atom stereocenters. The summed E-state index contributed by atoms with van der Waals surface area (Å²) in [5.74, 6) is 0. The zero-order valence-corrected chi connectivity index (χ0v) is 13.8. The molecule has 20 heavy (non-hydrogen) atoms. The fraction of sp³-hybridized carbons (Fsp3) is 0.600. The first kappa shape index (κ1) is 14.0. The molecular formula is C15H20N2OS2. The van der Waals surface area contributed by atoms with Crippen LogP contribution in [0.2, 0.25) is 0 Å². The lowest BCUT2D eigenvalue weighted by molar-refractivity contribution is 0.288. The van der Waals surface area contributed by atoms with E-state index in [2.05, 4.69) is 25.8 Å². The third kappa shape index (κ3) is 2.17. The second kappa shape index (κ2) is 4.81. The molecule has 0 spiro atoms. The number of thiophene rings is 1. The monoisotopic (exact) mass is 308 g/mol. The highest BCUT2D eigenvalue weighted by Gasteiger charge is 2.23. The lowest BCUT2D eigenvalue weighted by Gasteiger charge is -2.23. The summed E-state index contributed by atoms with van der Waals surface area (Å²) in [6.45, 7) is 7.18. The number of fused-ring (bicyclic) bond motifs is 3. The minimum absolute atomic E-state index is 0.0814. The van der Waals surface area contributed by atoms with Gasteiger partial charge in [-0.3, -0.25) is 9.36 Å². The van der Waals surface area contributed by atoms with Crippen LogP contribution in [0.3, 0.4) is 0 Å². The lowest BCUT2D eigenvalue weighted by atomic mass is 9.90. The van der Waals surface area contributed by atoms with E-state index in [1.807, 2.05) is 0 Å². The van der Waals surface area contributed by atoms with Crippen molar-refractivity contribution in [1.82, 2.24) is 9.55 Å². The fourth-order valence-electron chi connectivity index (χ4n) is 2.79. The molecule has 2 heterocycles. The van der Waals surface area contributed by atoms with E-state index >= 15 is 0 Å². The highest BCUT2D eigenvalue weighted by atomic mass is 32.1. The van der Waals surface area contributed by atoms with Crippen LogP contribution in [0.15, 0.2) is 4.79 Å². The number of aromatic nitrogens is 2. The third-order valence-corrected chi connectivity index (χ3v) is 5.92. The average Bonchev–Trinajstić information content (AvgIpc) is 2.94. The number of hydrogen-bond acceptors (Lipinski definition) is 3. The van der Waals surface area contributed by atoms with Gasteiger partial charge in [0.2, 0.25) is 0 Å². The number of aromatic amines is 1. The molecule has 5 heteroatoms.